The zero-order valence-electron chi connectivity index (χ0n) is 13.5. The van der Waals surface area contributed by atoms with Crippen LogP contribution in [0.5, 0.6) is 11.5 Å². The van der Waals surface area contributed by atoms with Crippen molar-refractivity contribution in [1.82, 2.24) is 4.81 Å². The Morgan fingerprint density at radius 2 is 1.64 bits per heavy atom. The fraction of sp³-hybridized carbons (Fsp3) is 0.333. The maximum absolute atomic E-state index is 5.96. The lowest BCUT2D eigenvalue weighted by molar-refractivity contribution is 0.266. The molecule has 0 bridgehead atoms. The van der Waals surface area contributed by atoms with Gasteiger partial charge in [0.2, 0.25) is 0 Å². The molecule has 1 aliphatic rings. The van der Waals surface area contributed by atoms with Crippen LogP contribution in [0.1, 0.15) is 26.7 Å². The van der Waals surface area contributed by atoms with Crippen molar-refractivity contribution in [3.05, 3.63) is 61.2 Å². The van der Waals surface area contributed by atoms with E-state index in [1.807, 2.05) is 44.2 Å². The smallest absolute Gasteiger partial charge is 0.509 e. The fourth-order valence-corrected chi connectivity index (χ4v) is 2.69. The van der Waals surface area contributed by atoms with Crippen molar-refractivity contribution in [2.45, 2.75) is 32.7 Å². The molecule has 116 valence electrons. The highest BCUT2D eigenvalue weighted by atomic mass is 16.6. The van der Waals surface area contributed by atoms with Crippen molar-refractivity contribution < 1.29 is 9.31 Å². The summed E-state index contributed by atoms with van der Waals surface area (Å²) >= 11 is 0. The van der Waals surface area contributed by atoms with Crippen LogP contribution in [0.15, 0.2) is 61.2 Å². The van der Waals surface area contributed by atoms with Crippen LogP contribution in [0.2, 0.25) is 0 Å². The van der Waals surface area contributed by atoms with Crippen molar-refractivity contribution in [2.75, 3.05) is 6.54 Å². The molecule has 0 amide bonds. The van der Waals surface area contributed by atoms with Crippen LogP contribution in [0.4, 0.5) is 0 Å². The molecule has 0 N–H and O–H groups in total. The second-order valence-corrected chi connectivity index (χ2v) is 5.95. The van der Waals surface area contributed by atoms with Crippen LogP contribution < -0.4 is 9.31 Å². The summed E-state index contributed by atoms with van der Waals surface area (Å²) in [5, 5.41) is 0. The van der Waals surface area contributed by atoms with Crippen molar-refractivity contribution in [2.24, 2.45) is 0 Å². The number of fused-ring (bicyclic) bond motifs is 1. The average Bonchev–Trinajstić information content (AvgIpc) is 2.86. The number of hydrogen-bond donors (Lipinski definition) is 0. The summed E-state index contributed by atoms with van der Waals surface area (Å²) in [6, 6.07) is 7.97. The average molecular weight is 297 g/mol. The molecule has 0 atom stereocenters. The molecule has 22 heavy (non-hydrogen) atoms. The topological polar surface area (TPSA) is 21.7 Å². The molecule has 0 spiro atoms. The monoisotopic (exact) mass is 297 g/mol. The summed E-state index contributed by atoms with van der Waals surface area (Å²) in [6.45, 7) is 16.7. The largest absolute Gasteiger partial charge is 0.702 e. The minimum absolute atomic E-state index is 0.229. The summed E-state index contributed by atoms with van der Waals surface area (Å²) in [6.07, 6.45) is 3.63. The molecule has 0 fully saturated rings. The molecule has 0 saturated carbocycles. The second kappa shape index (κ2) is 7.36. The molecule has 0 aliphatic carbocycles. The molecular formula is C18H24BNO2. The number of hydrogen-bond acceptors (Lipinski definition) is 3. The standard InChI is InChI=1S/C18H24BNO2/c1-6-11-20(16(12-14(2)3)13-15(4)5)19-21-17-9-7-8-10-18(17)22-19/h6-10,16H,1-2,4,11-13H2,3,5H3. The van der Waals surface area contributed by atoms with Crippen LogP contribution in [0.25, 0.3) is 0 Å². The van der Waals surface area contributed by atoms with Crippen molar-refractivity contribution >= 4 is 7.25 Å². The third-order valence-corrected chi connectivity index (χ3v) is 3.55. The van der Waals surface area contributed by atoms with Gasteiger partial charge in [-0.3, -0.25) is 4.81 Å². The number of para-hydroxylation sites is 2. The van der Waals surface area contributed by atoms with Gasteiger partial charge in [-0.05, 0) is 38.8 Å². The van der Waals surface area contributed by atoms with Crippen molar-refractivity contribution in [3.63, 3.8) is 0 Å². The van der Waals surface area contributed by atoms with Crippen LogP contribution in [0.3, 0.4) is 0 Å². The Morgan fingerprint density at radius 3 is 2.05 bits per heavy atom. The predicted molar refractivity (Wildman–Crippen MR) is 93.0 cm³/mol. The van der Waals surface area contributed by atoms with E-state index in [1.165, 1.54) is 0 Å². The summed E-state index contributed by atoms with van der Waals surface area (Å²) in [5.41, 5.74) is 2.27. The highest BCUT2D eigenvalue weighted by molar-refractivity contribution is 6.44. The molecule has 0 unspecified atom stereocenters. The summed E-state index contributed by atoms with van der Waals surface area (Å²) < 4.78 is 11.9. The lowest BCUT2D eigenvalue weighted by atomic mass is 9.92. The SMILES string of the molecule is C=CCN(B1Oc2ccccc2O1)C(CC(=C)C)CC(=C)C. The zero-order valence-corrected chi connectivity index (χ0v) is 13.5. The van der Waals surface area contributed by atoms with Gasteiger partial charge >= 0.3 is 7.25 Å². The number of rotatable bonds is 8. The fourth-order valence-electron chi connectivity index (χ4n) is 2.69. The highest BCUT2D eigenvalue weighted by Gasteiger charge is 2.42. The maximum Gasteiger partial charge on any atom is 0.702 e. The minimum Gasteiger partial charge on any atom is -0.509 e. The Bertz CT molecular complexity index is 529. The van der Waals surface area contributed by atoms with E-state index in [4.69, 9.17) is 9.31 Å². The lowest BCUT2D eigenvalue weighted by Gasteiger charge is -2.31. The molecular weight excluding hydrogens is 273 g/mol. The summed E-state index contributed by atoms with van der Waals surface area (Å²) in [7, 11) is -0.431. The van der Waals surface area contributed by atoms with E-state index in [1.54, 1.807) is 0 Å². The van der Waals surface area contributed by atoms with Gasteiger partial charge in [0, 0.05) is 12.6 Å². The molecule has 3 nitrogen and oxygen atoms in total. The third kappa shape index (κ3) is 4.04. The molecule has 0 radical (unpaired) electrons. The predicted octanol–water partition coefficient (Wildman–Crippen LogP) is 4.23. The van der Waals surface area contributed by atoms with E-state index in [0.29, 0.717) is 6.54 Å². The summed E-state index contributed by atoms with van der Waals surface area (Å²) in [4.78, 5) is 2.18. The molecule has 2 rings (SSSR count). The Hall–Kier alpha value is -1.94. The normalized spacial score (nSPS) is 12.8. The Balaban J connectivity index is 2.19. The zero-order chi connectivity index (χ0) is 16.1. The first-order chi connectivity index (χ1) is 10.5. The number of nitrogens with zero attached hydrogens (tertiary/aromatic N) is 1. The first-order valence-electron chi connectivity index (χ1n) is 7.59. The second-order valence-electron chi connectivity index (χ2n) is 5.95. The van der Waals surface area contributed by atoms with Gasteiger partial charge in [-0.15, -0.1) is 19.7 Å². The Morgan fingerprint density at radius 1 is 1.14 bits per heavy atom. The molecule has 0 saturated heterocycles. The van der Waals surface area contributed by atoms with E-state index in [2.05, 4.69) is 24.5 Å². The Kier molecular flexibility index (Phi) is 5.50. The van der Waals surface area contributed by atoms with E-state index >= 15 is 0 Å². The molecule has 4 heteroatoms. The van der Waals surface area contributed by atoms with E-state index < -0.39 is 7.25 Å². The minimum atomic E-state index is -0.431. The molecule has 1 aromatic carbocycles. The van der Waals surface area contributed by atoms with Crippen LogP contribution in [0, 0.1) is 0 Å². The van der Waals surface area contributed by atoms with Gasteiger partial charge in [-0.2, -0.15) is 0 Å². The van der Waals surface area contributed by atoms with E-state index in [-0.39, 0.29) is 6.04 Å². The maximum atomic E-state index is 5.96. The van der Waals surface area contributed by atoms with Gasteiger partial charge in [-0.1, -0.05) is 29.4 Å². The molecule has 0 aromatic heterocycles. The quantitative estimate of drug-likeness (QED) is 0.529. The van der Waals surface area contributed by atoms with Crippen LogP contribution >= 0.6 is 0 Å². The molecule has 1 aromatic rings. The van der Waals surface area contributed by atoms with Crippen molar-refractivity contribution in [1.29, 1.82) is 0 Å². The van der Waals surface area contributed by atoms with Gasteiger partial charge in [0.1, 0.15) is 11.5 Å². The molecule has 1 heterocycles. The Labute approximate surface area is 134 Å². The van der Waals surface area contributed by atoms with Gasteiger partial charge in [-0.25, -0.2) is 0 Å². The van der Waals surface area contributed by atoms with E-state index in [0.717, 1.165) is 35.5 Å². The van der Waals surface area contributed by atoms with Gasteiger partial charge in [0.15, 0.2) is 0 Å². The van der Waals surface area contributed by atoms with Crippen LogP contribution in [-0.2, 0) is 0 Å². The third-order valence-electron chi connectivity index (χ3n) is 3.55. The van der Waals surface area contributed by atoms with Crippen LogP contribution in [-0.4, -0.2) is 24.7 Å². The van der Waals surface area contributed by atoms with Gasteiger partial charge in [0.25, 0.3) is 0 Å². The summed E-state index contributed by atoms with van der Waals surface area (Å²) in [5.74, 6) is 1.57. The first-order valence-corrected chi connectivity index (χ1v) is 7.59. The van der Waals surface area contributed by atoms with Gasteiger partial charge in [0.05, 0.1) is 0 Å². The number of benzene rings is 1. The van der Waals surface area contributed by atoms with E-state index in [9.17, 15) is 0 Å². The van der Waals surface area contributed by atoms with Crippen molar-refractivity contribution in [3.8, 4) is 11.5 Å². The molecule has 1 aliphatic heterocycles. The van der Waals surface area contributed by atoms with Gasteiger partial charge < -0.3 is 9.31 Å². The lowest BCUT2D eigenvalue weighted by Crippen LogP contribution is -2.52. The first kappa shape index (κ1) is 16.4. The highest BCUT2D eigenvalue weighted by Crippen LogP contribution is 2.34.